The van der Waals surface area contributed by atoms with Crippen LogP contribution in [0.25, 0.3) is 0 Å². The van der Waals surface area contributed by atoms with Crippen molar-refractivity contribution < 1.29 is 14.8 Å². The summed E-state index contributed by atoms with van der Waals surface area (Å²) in [5.41, 5.74) is -2.41. The molecule has 2 N–H and O–H groups in total. The first-order valence-electron chi connectivity index (χ1n) is 4.80. The van der Waals surface area contributed by atoms with Crippen LogP contribution in [-0.4, -0.2) is 21.0 Å². The number of hydrogen-bond acceptors (Lipinski definition) is 4. The van der Waals surface area contributed by atoms with E-state index in [1.807, 2.05) is 0 Å². The Balaban J connectivity index is 3.65. The second kappa shape index (κ2) is 4.00. The average Bonchev–Trinajstić information content (AvgIpc) is 2.14. The molecule has 7 nitrogen and oxygen atoms in total. The molecule has 1 aromatic rings. The molecule has 0 aliphatic rings. The van der Waals surface area contributed by atoms with Crippen molar-refractivity contribution in [3.05, 3.63) is 37.8 Å². The molecular formula is C10H12N2O5. The lowest BCUT2D eigenvalue weighted by atomic mass is 9.90. The van der Waals surface area contributed by atoms with Gasteiger partial charge in [0.15, 0.2) is 0 Å². The van der Waals surface area contributed by atoms with Gasteiger partial charge >= 0.3 is 5.97 Å². The molecule has 0 fully saturated rings. The Morgan fingerprint density at radius 2 is 2.00 bits per heavy atom. The van der Waals surface area contributed by atoms with E-state index in [1.165, 1.54) is 0 Å². The van der Waals surface area contributed by atoms with Crippen LogP contribution in [0.15, 0.2) is 10.9 Å². The van der Waals surface area contributed by atoms with Crippen molar-refractivity contribution >= 4 is 11.7 Å². The van der Waals surface area contributed by atoms with Crippen LogP contribution in [0.2, 0.25) is 0 Å². The number of rotatable bonds is 2. The van der Waals surface area contributed by atoms with Crippen molar-refractivity contribution in [2.24, 2.45) is 0 Å². The van der Waals surface area contributed by atoms with Crippen molar-refractivity contribution in [1.82, 2.24) is 4.98 Å². The Kier molecular flexibility index (Phi) is 3.03. The molecule has 0 unspecified atom stereocenters. The van der Waals surface area contributed by atoms with Crippen LogP contribution in [0.5, 0.6) is 0 Å². The van der Waals surface area contributed by atoms with Crippen molar-refractivity contribution in [3.8, 4) is 0 Å². The van der Waals surface area contributed by atoms with E-state index in [-0.39, 0.29) is 5.69 Å². The van der Waals surface area contributed by atoms with Crippen LogP contribution in [0.1, 0.15) is 36.8 Å². The van der Waals surface area contributed by atoms with Gasteiger partial charge in [-0.25, -0.2) is 4.79 Å². The molecule has 17 heavy (non-hydrogen) atoms. The summed E-state index contributed by atoms with van der Waals surface area (Å²) in [4.78, 5) is 34.6. The molecule has 0 radical (unpaired) electrons. The van der Waals surface area contributed by atoms with Crippen molar-refractivity contribution in [2.45, 2.75) is 26.2 Å². The van der Waals surface area contributed by atoms with Gasteiger partial charge < -0.3 is 10.1 Å². The maximum Gasteiger partial charge on any atom is 0.341 e. The van der Waals surface area contributed by atoms with Crippen molar-refractivity contribution in [3.63, 3.8) is 0 Å². The summed E-state index contributed by atoms with van der Waals surface area (Å²) in [5.74, 6) is -1.49. The lowest BCUT2D eigenvalue weighted by Crippen LogP contribution is -2.25. The zero-order valence-electron chi connectivity index (χ0n) is 9.60. The number of carboxylic acids is 1. The minimum atomic E-state index is -1.49. The van der Waals surface area contributed by atoms with Gasteiger partial charge in [0.1, 0.15) is 11.3 Å². The third-order valence-corrected chi connectivity index (χ3v) is 2.20. The number of carboxylic acid groups (broad SMARTS) is 1. The van der Waals surface area contributed by atoms with Gasteiger partial charge in [0, 0.05) is 11.5 Å². The topological polar surface area (TPSA) is 113 Å². The van der Waals surface area contributed by atoms with E-state index < -0.39 is 33.1 Å². The number of aromatic carboxylic acids is 1. The molecule has 1 aromatic heterocycles. The summed E-state index contributed by atoms with van der Waals surface area (Å²) in [6.45, 7) is 5.06. The molecule has 7 heteroatoms. The molecule has 0 aromatic carbocycles. The van der Waals surface area contributed by atoms with E-state index in [2.05, 4.69) is 4.98 Å². The average molecular weight is 240 g/mol. The number of aromatic nitrogens is 1. The Morgan fingerprint density at radius 3 is 2.35 bits per heavy atom. The number of nitro groups is 1. The zero-order chi connectivity index (χ0) is 13.4. The van der Waals surface area contributed by atoms with Crippen LogP contribution in [0, 0.1) is 10.1 Å². The van der Waals surface area contributed by atoms with Crippen LogP contribution in [0.3, 0.4) is 0 Å². The second-order valence-electron chi connectivity index (χ2n) is 4.58. The second-order valence-corrected chi connectivity index (χ2v) is 4.58. The van der Waals surface area contributed by atoms with E-state index in [9.17, 15) is 19.7 Å². The van der Waals surface area contributed by atoms with E-state index in [4.69, 9.17) is 5.11 Å². The Hall–Kier alpha value is -2.18. The predicted molar refractivity (Wildman–Crippen MR) is 59.4 cm³/mol. The Morgan fingerprint density at radius 1 is 1.47 bits per heavy atom. The minimum absolute atomic E-state index is 0.109. The van der Waals surface area contributed by atoms with Crippen LogP contribution < -0.4 is 5.56 Å². The smallest absolute Gasteiger partial charge is 0.341 e. The summed E-state index contributed by atoms with van der Waals surface area (Å²) in [6.07, 6.45) is 0. The third kappa shape index (κ3) is 2.49. The van der Waals surface area contributed by atoms with E-state index in [1.54, 1.807) is 20.8 Å². The normalized spacial score (nSPS) is 11.2. The number of aromatic amines is 1. The van der Waals surface area contributed by atoms with Gasteiger partial charge in [-0.15, -0.1) is 0 Å². The SMILES string of the molecule is CC(C)(C)c1[nH]c(=O)c(C(=O)O)cc1[N+](=O)[O-]. The molecule has 1 heterocycles. The monoisotopic (exact) mass is 240 g/mol. The number of nitrogens with one attached hydrogen (secondary N) is 1. The minimum Gasteiger partial charge on any atom is -0.477 e. The molecule has 0 aliphatic carbocycles. The Labute approximate surface area is 96.2 Å². The van der Waals surface area contributed by atoms with Gasteiger partial charge in [-0.05, 0) is 0 Å². The van der Waals surface area contributed by atoms with Gasteiger partial charge in [0.05, 0.1) is 4.92 Å². The Bertz CT molecular complexity index is 539. The maximum absolute atomic E-state index is 11.4. The van der Waals surface area contributed by atoms with Gasteiger partial charge in [-0.2, -0.15) is 0 Å². The molecule has 0 amide bonds. The summed E-state index contributed by atoms with van der Waals surface area (Å²) < 4.78 is 0. The number of nitrogens with zero attached hydrogens (tertiary/aromatic N) is 1. The standard InChI is InChI=1S/C10H12N2O5/c1-10(2,3)7-6(12(16)17)4-5(9(14)15)8(13)11-7/h4H,1-3H3,(H,11,13)(H,14,15). The molecule has 0 saturated heterocycles. The first-order chi connectivity index (χ1) is 7.64. The highest BCUT2D eigenvalue weighted by atomic mass is 16.6. The number of H-pyrrole nitrogens is 1. The summed E-state index contributed by atoms with van der Waals surface area (Å²) in [5, 5.41) is 19.6. The molecule has 1 rings (SSSR count). The first-order valence-corrected chi connectivity index (χ1v) is 4.80. The molecule has 0 bridgehead atoms. The molecule has 0 atom stereocenters. The first kappa shape index (κ1) is 12.9. The molecular weight excluding hydrogens is 228 g/mol. The third-order valence-electron chi connectivity index (χ3n) is 2.20. The molecule has 92 valence electrons. The lowest BCUT2D eigenvalue weighted by molar-refractivity contribution is -0.386. The number of hydrogen-bond donors (Lipinski definition) is 2. The highest BCUT2D eigenvalue weighted by Gasteiger charge is 2.28. The molecule has 0 spiro atoms. The summed E-state index contributed by atoms with van der Waals surface area (Å²) >= 11 is 0. The van der Waals surface area contributed by atoms with Gasteiger partial charge in [-0.1, -0.05) is 20.8 Å². The summed E-state index contributed by atoms with van der Waals surface area (Å²) in [6, 6.07) is 0.793. The number of pyridine rings is 1. The number of carbonyl (C=O) groups is 1. The molecule has 0 saturated carbocycles. The fourth-order valence-electron chi connectivity index (χ4n) is 1.39. The van der Waals surface area contributed by atoms with E-state index in [0.717, 1.165) is 6.07 Å². The zero-order valence-corrected chi connectivity index (χ0v) is 9.60. The van der Waals surface area contributed by atoms with Crippen LogP contribution >= 0.6 is 0 Å². The van der Waals surface area contributed by atoms with E-state index >= 15 is 0 Å². The highest BCUT2D eigenvalue weighted by molar-refractivity contribution is 5.88. The fourth-order valence-corrected chi connectivity index (χ4v) is 1.39. The quantitative estimate of drug-likeness (QED) is 0.597. The maximum atomic E-state index is 11.4. The summed E-state index contributed by atoms with van der Waals surface area (Å²) in [7, 11) is 0. The van der Waals surface area contributed by atoms with Gasteiger partial charge in [0.25, 0.3) is 11.2 Å². The highest BCUT2D eigenvalue weighted by Crippen LogP contribution is 2.28. The lowest BCUT2D eigenvalue weighted by Gasteiger charge is -2.18. The molecule has 0 aliphatic heterocycles. The van der Waals surface area contributed by atoms with Gasteiger partial charge in [-0.3, -0.25) is 14.9 Å². The largest absolute Gasteiger partial charge is 0.477 e. The van der Waals surface area contributed by atoms with Crippen molar-refractivity contribution in [2.75, 3.05) is 0 Å². The van der Waals surface area contributed by atoms with E-state index in [0.29, 0.717) is 0 Å². The van der Waals surface area contributed by atoms with Crippen LogP contribution in [-0.2, 0) is 5.41 Å². The predicted octanol–water partition coefficient (Wildman–Crippen LogP) is 1.28. The fraction of sp³-hybridized carbons (Fsp3) is 0.400. The van der Waals surface area contributed by atoms with Crippen LogP contribution in [0.4, 0.5) is 5.69 Å². The van der Waals surface area contributed by atoms with Crippen molar-refractivity contribution in [1.29, 1.82) is 0 Å². The van der Waals surface area contributed by atoms with Gasteiger partial charge in [0.2, 0.25) is 0 Å².